The van der Waals surface area contributed by atoms with Crippen LogP contribution in [0.2, 0.25) is 0 Å². The Labute approximate surface area is 117 Å². The molecule has 5 heteroatoms. The van der Waals surface area contributed by atoms with E-state index in [1.165, 1.54) is 0 Å². The third kappa shape index (κ3) is 4.34. The van der Waals surface area contributed by atoms with Crippen molar-refractivity contribution in [2.24, 2.45) is 0 Å². The minimum Gasteiger partial charge on any atom is -0.489 e. The Hall–Kier alpha value is -0.510. The summed E-state index contributed by atoms with van der Waals surface area (Å²) in [5, 5.41) is 0. The Kier molecular flexibility index (Phi) is 6.03. The molecule has 2 nitrogen and oxygen atoms in total. The van der Waals surface area contributed by atoms with Gasteiger partial charge in [-0.05, 0) is 42.7 Å². The van der Waals surface area contributed by atoms with E-state index < -0.39 is 0 Å². The molecule has 0 aliphatic heterocycles. The molecule has 94 valence electrons. The predicted molar refractivity (Wildman–Crippen MR) is 75.5 cm³/mol. The molecular weight excluding hydrogens is 279 g/mol. The molecule has 17 heavy (non-hydrogen) atoms. The normalized spacial score (nSPS) is 9.94. The van der Waals surface area contributed by atoms with Gasteiger partial charge in [-0.1, -0.05) is 30.1 Å². The lowest BCUT2D eigenvalue weighted by Gasteiger charge is -2.12. The second-order valence-corrected chi connectivity index (χ2v) is 4.67. The minimum atomic E-state index is 0.202. The van der Waals surface area contributed by atoms with Crippen molar-refractivity contribution in [3.05, 3.63) is 33.8 Å². The van der Waals surface area contributed by atoms with Crippen molar-refractivity contribution in [1.82, 2.24) is 0 Å². The fourth-order valence-electron chi connectivity index (χ4n) is 1.49. The number of benzene rings is 1. The van der Waals surface area contributed by atoms with E-state index in [-0.39, 0.29) is 4.49 Å². The molecule has 0 spiro atoms. The summed E-state index contributed by atoms with van der Waals surface area (Å²) in [6, 6.07) is 3.81. The van der Waals surface area contributed by atoms with Crippen LogP contribution in [0.25, 0.3) is 0 Å². The molecule has 1 aromatic carbocycles. The van der Waals surface area contributed by atoms with Crippen LogP contribution in [0, 0.1) is 6.92 Å². The summed E-state index contributed by atoms with van der Waals surface area (Å²) in [4.78, 5) is 0. The van der Waals surface area contributed by atoms with Crippen LogP contribution in [-0.2, 0) is 6.42 Å². The molecule has 0 heterocycles. The van der Waals surface area contributed by atoms with Crippen LogP contribution < -0.4 is 8.92 Å². The second-order valence-electron chi connectivity index (χ2n) is 3.48. The molecule has 0 saturated carbocycles. The summed E-state index contributed by atoms with van der Waals surface area (Å²) < 4.78 is 10.8. The minimum absolute atomic E-state index is 0.202. The Balaban J connectivity index is 2.88. The fraction of sp³-hybridized carbons (Fsp3) is 0.333. The first-order valence-electron chi connectivity index (χ1n) is 5.17. The summed E-state index contributed by atoms with van der Waals surface area (Å²) in [5.41, 5.74) is 2.03. The molecule has 0 fully saturated rings. The highest BCUT2D eigenvalue weighted by molar-refractivity contribution is 7.75. The predicted octanol–water partition coefficient (Wildman–Crippen LogP) is 4.48. The number of hydrogen-bond donors (Lipinski definition) is 1. The molecule has 1 rings (SSSR count). The molecule has 1 aromatic rings. The van der Waals surface area contributed by atoms with Gasteiger partial charge in [-0.3, -0.25) is 0 Å². The lowest BCUT2D eigenvalue weighted by atomic mass is 10.1. The Morgan fingerprint density at radius 2 is 2.12 bits per heavy atom. The topological polar surface area (TPSA) is 18.5 Å². The molecule has 0 N–H and O–H groups in total. The van der Waals surface area contributed by atoms with E-state index in [1.54, 1.807) is 6.08 Å². The summed E-state index contributed by atoms with van der Waals surface area (Å²) in [7, 11) is 0. The maximum absolute atomic E-state index is 5.51. The smallest absolute Gasteiger partial charge is 0.143 e. The van der Waals surface area contributed by atoms with E-state index in [9.17, 15) is 0 Å². The third-order valence-electron chi connectivity index (χ3n) is 2.28. The number of hydrogen-bond acceptors (Lipinski definition) is 3. The third-order valence-corrected chi connectivity index (χ3v) is 2.78. The van der Waals surface area contributed by atoms with E-state index in [0.717, 1.165) is 29.0 Å². The summed E-state index contributed by atoms with van der Waals surface area (Å²) in [5.74, 6) is 1.55. The fourth-order valence-corrected chi connectivity index (χ4v) is 1.88. The Morgan fingerprint density at radius 1 is 1.41 bits per heavy atom. The first-order chi connectivity index (χ1) is 8.08. The SMILES string of the molecule is CCc1cc(OCC=C(Cl)Cl)cc(C)c1OS. The van der Waals surface area contributed by atoms with Gasteiger partial charge >= 0.3 is 0 Å². The molecule has 0 unspecified atom stereocenters. The largest absolute Gasteiger partial charge is 0.489 e. The zero-order valence-electron chi connectivity index (χ0n) is 9.67. The monoisotopic (exact) mass is 292 g/mol. The zero-order valence-corrected chi connectivity index (χ0v) is 12.1. The summed E-state index contributed by atoms with van der Waals surface area (Å²) in [6.07, 6.45) is 2.44. The van der Waals surface area contributed by atoms with Crippen LogP contribution in [0.5, 0.6) is 11.5 Å². The number of halogens is 2. The Morgan fingerprint density at radius 3 is 2.65 bits per heavy atom. The zero-order chi connectivity index (χ0) is 12.8. The van der Waals surface area contributed by atoms with Gasteiger partial charge in [0.05, 0.1) is 0 Å². The van der Waals surface area contributed by atoms with Crippen molar-refractivity contribution in [3.63, 3.8) is 0 Å². The van der Waals surface area contributed by atoms with Crippen molar-refractivity contribution >= 4 is 36.1 Å². The van der Waals surface area contributed by atoms with Crippen LogP contribution in [0.4, 0.5) is 0 Å². The van der Waals surface area contributed by atoms with Crippen LogP contribution in [0.15, 0.2) is 22.7 Å². The average Bonchev–Trinajstić information content (AvgIpc) is 2.27. The number of ether oxygens (including phenoxy) is 1. The van der Waals surface area contributed by atoms with E-state index in [2.05, 4.69) is 12.9 Å². The number of rotatable bonds is 5. The first kappa shape index (κ1) is 14.6. The van der Waals surface area contributed by atoms with Crippen molar-refractivity contribution in [3.8, 4) is 11.5 Å². The quantitative estimate of drug-likeness (QED) is 0.637. The molecule has 0 radical (unpaired) electrons. The highest BCUT2D eigenvalue weighted by Gasteiger charge is 2.08. The van der Waals surface area contributed by atoms with Gasteiger partial charge in [0, 0.05) is 12.9 Å². The van der Waals surface area contributed by atoms with Gasteiger partial charge in [0.15, 0.2) is 0 Å². The van der Waals surface area contributed by atoms with Crippen LogP contribution in [-0.4, -0.2) is 6.61 Å². The molecular formula is C12H14Cl2O2S. The van der Waals surface area contributed by atoms with Gasteiger partial charge in [0.2, 0.25) is 0 Å². The second kappa shape index (κ2) is 7.04. The molecule has 0 aliphatic carbocycles. The molecule has 0 aromatic heterocycles. The van der Waals surface area contributed by atoms with Gasteiger partial charge in [0.25, 0.3) is 0 Å². The maximum Gasteiger partial charge on any atom is 0.143 e. The van der Waals surface area contributed by atoms with Crippen LogP contribution >= 0.6 is 36.1 Å². The lowest BCUT2D eigenvalue weighted by molar-refractivity contribution is 0.361. The van der Waals surface area contributed by atoms with E-state index in [0.29, 0.717) is 6.61 Å². The van der Waals surface area contributed by atoms with Crippen molar-refractivity contribution in [1.29, 1.82) is 0 Å². The van der Waals surface area contributed by atoms with E-state index in [1.807, 2.05) is 26.0 Å². The van der Waals surface area contributed by atoms with Crippen LogP contribution in [0.1, 0.15) is 18.1 Å². The molecule has 0 saturated heterocycles. The van der Waals surface area contributed by atoms with Crippen molar-refractivity contribution in [2.45, 2.75) is 20.3 Å². The van der Waals surface area contributed by atoms with Crippen LogP contribution in [0.3, 0.4) is 0 Å². The lowest BCUT2D eigenvalue weighted by Crippen LogP contribution is -1.97. The number of aryl methyl sites for hydroxylation is 2. The Bertz CT molecular complexity index is 415. The van der Waals surface area contributed by atoms with Gasteiger partial charge in [-0.2, -0.15) is 0 Å². The van der Waals surface area contributed by atoms with Gasteiger partial charge in [-0.15, -0.1) is 0 Å². The molecule has 0 aliphatic rings. The summed E-state index contributed by atoms with van der Waals surface area (Å²) >= 11 is 14.8. The molecule has 0 atom stereocenters. The highest BCUT2D eigenvalue weighted by Crippen LogP contribution is 2.30. The van der Waals surface area contributed by atoms with Crippen molar-refractivity contribution in [2.75, 3.05) is 6.61 Å². The van der Waals surface area contributed by atoms with Crippen molar-refractivity contribution < 1.29 is 8.92 Å². The van der Waals surface area contributed by atoms with E-state index in [4.69, 9.17) is 32.1 Å². The molecule has 0 amide bonds. The van der Waals surface area contributed by atoms with Gasteiger partial charge in [0.1, 0.15) is 22.6 Å². The average molecular weight is 293 g/mol. The highest BCUT2D eigenvalue weighted by atomic mass is 35.5. The van der Waals surface area contributed by atoms with Gasteiger partial charge in [-0.25, -0.2) is 0 Å². The number of thiol groups is 1. The molecule has 0 bridgehead atoms. The summed E-state index contributed by atoms with van der Waals surface area (Å²) in [6.45, 7) is 4.33. The first-order valence-corrected chi connectivity index (χ1v) is 6.29. The standard InChI is InChI=1S/C12H14Cl2O2S/c1-3-9-7-10(15-5-4-11(13)14)6-8(2)12(9)16-17/h4,6-7,17H,3,5H2,1-2H3. The maximum atomic E-state index is 5.51. The van der Waals surface area contributed by atoms with Gasteiger partial charge < -0.3 is 8.92 Å². The van der Waals surface area contributed by atoms with E-state index >= 15 is 0 Å².